The van der Waals surface area contributed by atoms with Gasteiger partial charge in [0.25, 0.3) is 0 Å². The normalized spacial score (nSPS) is 10.8. The van der Waals surface area contributed by atoms with Crippen LogP contribution in [-0.2, 0) is 101 Å². The molecule has 0 saturated heterocycles. The molecule has 0 aliphatic heterocycles. The van der Waals surface area contributed by atoms with E-state index in [0.717, 1.165) is 67.1 Å². The second-order valence-electron chi connectivity index (χ2n) is 29.5. The van der Waals surface area contributed by atoms with Crippen LogP contribution in [0.15, 0.2) is 401 Å². The third-order valence-corrected chi connectivity index (χ3v) is 22.5. The number of benzene rings is 19. The third-order valence-electron chi connectivity index (χ3n) is 22.5. The maximum Gasteiger partial charge on any atom is 0.0379 e. The van der Waals surface area contributed by atoms with E-state index in [0.29, 0.717) is 0 Å². The molecule has 11 heteroatoms. The van der Waals surface area contributed by atoms with Crippen LogP contribution in [0, 0.1) is 43.1 Å². The van der Waals surface area contributed by atoms with E-state index < -0.39 is 0 Å². The van der Waals surface area contributed by atoms with Gasteiger partial charge in [-0.3, -0.25) is 4.39 Å². The molecule has 0 aliphatic carbocycles. The summed E-state index contributed by atoms with van der Waals surface area (Å²) >= 11 is 0. The Kier molecular flexibility index (Phi) is 26.8. The maximum absolute atomic E-state index is 13.0. The number of fused-ring (bicyclic) bond motifs is 20. The summed E-state index contributed by atoms with van der Waals surface area (Å²) < 4.78 is 13.0. The Labute approximate surface area is 779 Å². The fourth-order valence-corrected chi connectivity index (χ4v) is 16.4. The number of aryl methyl sites for hydroxylation is 1. The van der Waals surface area contributed by atoms with Gasteiger partial charge in [-0.05, 0) is 127 Å². The van der Waals surface area contributed by atoms with Gasteiger partial charge in [0.2, 0.25) is 0 Å². The molecule has 24 aromatic rings. The molecular weight excluding hydrogens is 2400 g/mol. The zero-order chi connectivity index (χ0) is 78.8. The van der Waals surface area contributed by atoms with E-state index in [9.17, 15) is 4.39 Å². The molecule has 0 saturated carbocycles. The first kappa shape index (κ1) is 85.7. The second kappa shape index (κ2) is 38.4. The maximum atomic E-state index is 13.0. The second-order valence-corrected chi connectivity index (χ2v) is 29.5. The number of rotatable bonds is 5. The monoisotopic (exact) mass is 2470 g/mol. The minimum absolute atomic E-state index is 0. The molecule has 0 fully saturated rings. The number of hydrogen-bond acceptors (Lipinski definition) is 5. The minimum Gasteiger partial charge on any atom is -0.304 e. The molecule has 0 atom stereocenters. The summed E-state index contributed by atoms with van der Waals surface area (Å²) in [6.07, 6.45) is 9.83. The van der Waals surface area contributed by atoms with Gasteiger partial charge in [-0.15, -0.1) is 148 Å². The van der Waals surface area contributed by atoms with Gasteiger partial charge in [0.1, 0.15) is 0 Å². The van der Waals surface area contributed by atoms with Crippen molar-refractivity contribution in [3.05, 3.63) is 443 Å². The molecule has 0 N–H and O–H groups in total. The quantitative estimate of drug-likeness (QED) is 0.127. The topological polar surface area (TPSA) is 64.5 Å². The SMILES string of the molecule is Cc1c(-c2[c-]cccc2)ncc2c1ccc1ccccc12.Fc1c[c-]c(-c2cc3ccc4ccccc4c3cn2)cc1.[Ir].[Ir].[Ir].[Ir].[Ir].[c-]1cc2ccc3ccccc3c2cc1-c1cc2ccc3ccccc3c2cn1.[c-]1cc2ccccc2cc1-c1cc2ccc3ccccc3c2cn1.[c-]1ccc2ccccc2c1-c1cc2ccc3ccccc3c2cn1. The molecule has 24 rings (SSSR count). The van der Waals surface area contributed by atoms with Gasteiger partial charge >= 0.3 is 0 Å². The standard InChI is InChI=1S/C27H16N.2C23H14N.C20H14N.C19H11FN.5Ir/c1-3-7-23-18(5-1)9-10-20-12-14-22(15-25(20)23)27-16-21-13-11-19-6-2-4-8-24(19)26(21)17-28-27;1-3-9-19-16(6-1)8-5-11-21(19)23-14-18-13-12-17-7-2-4-10-20(17)22(18)15-24-23;1-2-7-18-13-20(12-9-16(18)5-1)23-14-19-11-10-17-6-3-4-8-21(17)22(19)15-24-23;1-14-17-12-11-15-7-5-6-10-18(15)19(17)13-21-20(14)16-8-3-2-4-9-16;20-16-9-7-14(8-10-16)19-11-15-6-5-13-3-1-2-4-17(13)18(15)12-21-19;;;;;/h1-13,15-17H;1-10,12-15H;1-11,13-15H;2-8,10-13H,1H3;1-7,9-12H;;;;;/q5*-1;;;;;. The molecular formula is C112H69FIr5N5-5. The largest absolute Gasteiger partial charge is 0.304 e. The average Bonchev–Trinajstić information content (AvgIpc) is 0.811. The van der Waals surface area contributed by atoms with E-state index in [1.165, 1.54) is 158 Å². The number of hydrogen-bond donors (Lipinski definition) is 0. The summed E-state index contributed by atoms with van der Waals surface area (Å²) in [4.78, 5) is 23.4. The molecule has 5 radical (unpaired) electrons. The Morgan fingerprint density at radius 1 is 0.203 bits per heavy atom. The number of halogens is 1. The molecule has 19 aromatic carbocycles. The molecule has 0 spiro atoms. The van der Waals surface area contributed by atoms with E-state index in [4.69, 9.17) is 19.9 Å². The van der Waals surface area contributed by atoms with E-state index in [1.54, 1.807) is 6.07 Å². The van der Waals surface area contributed by atoms with Crippen LogP contribution in [0.1, 0.15) is 5.56 Å². The van der Waals surface area contributed by atoms with Gasteiger partial charge in [0.15, 0.2) is 0 Å². The number of pyridine rings is 5. The molecule has 599 valence electrons. The first-order valence-electron chi connectivity index (χ1n) is 39.5. The van der Waals surface area contributed by atoms with Gasteiger partial charge in [-0.2, -0.15) is 0 Å². The van der Waals surface area contributed by atoms with E-state index >= 15 is 0 Å². The van der Waals surface area contributed by atoms with Crippen molar-refractivity contribution in [1.29, 1.82) is 0 Å². The molecule has 5 nitrogen and oxygen atoms in total. The van der Waals surface area contributed by atoms with E-state index in [-0.39, 0.29) is 106 Å². The number of nitrogens with zero attached hydrogens (tertiary/aromatic N) is 5. The molecule has 123 heavy (non-hydrogen) atoms. The van der Waals surface area contributed by atoms with E-state index in [2.05, 4.69) is 346 Å². The van der Waals surface area contributed by atoms with Crippen LogP contribution >= 0.6 is 0 Å². The molecule has 5 aromatic heterocycles. The Morgan fingerprint density at radius 2 is 0.553 bits per heavy atom. The van der Waals surface area contributed by atoms with Crippen LogP contribution in [0.3, 0.4) is 0 Å². The third kappa shape index (κ3) is 17.6. The Hall–Kier alpha value is -12.3. The van der Waals surface area contributed by atoms with Crippen molar-refractivity contribution in [2.24, 2.45) is 0 Å². The van der Waals surface area contributed by atoms with Crippen molar-refractivity contribution >= 4 is 151 Å². The average molecular weight is 2460 g/mol. The molecule has 5 heterocycles. The van der Waals surface area contributed by atoms with Crippen molar-refractivity contribution in [2.45, 2.75) is 6.92 Å². The van der Waals surface area contributed by atoms with Crippen LogP contribution in [-0.4, -0.2) is 24.9 Å². The van der Waals surface area contributed by atoms with Gasteiger partial charge in [0.05, 0.1) is 0 Å². The van der Waals surface area contributed by atoms with Gasteiger partial charge in [-0.25, -0.2) is 0 Å². The summed E-state index contributed by atoms with van der Waals surface area (Å²) in [5.41, 5.74) is 10.9. The first-order valence-corrected chi connectivity index (χ1v) is 39.5. The van der Waals surface area contributed by atoms with Gasteiger partial charge in [-0.1, -0.05) is 318 Å². The first-order chi connectivity index (χ1) is 58.3. The Bertz CT molecular complexity index is 8000. The van der Waals surface area contributed by atoms with Crippen molar-refractivity contribution in [3.8, 4) is 56.3 Å². The van der Waals surface area contributed by atoms with Gasteiger partial charge < -0.3 is 24.9 Å². The zero-order valence-electron chi connectivity index (χ0n) is 65.9. The van der Waals surface area contributed by atoms with Crippen molar-refractivity contribution in [1.82, 2.24) is 24.9 Å². The van der Waals surface area contributed by atoms with Crippen LogP contribution in [0.2, 0.25) is 0 Å². The Morgan fingerprint density at radius 3 is 1.02 bits per heavy atom. The fraction of sp³-hybridized carbons (Fsp3) is 0.00893. The smallest absolute Gasteiger partial charge is 0.0379 e. The van der Waals surface area contributed by atoms with E-state index in [1.807, 2.05) is 79.5 Å². The molecule has 0 unspecified atom stereocenters. The predicted molar refractivity (Wildman–Crippen MR) is 492 cm³/mol. The van der Waals surface area contributed by atoms with Crippen LogP contribution in [0.5, 0.6) is 0 Å². The fourth-order valence-electron chi connectivity index (χ4n) is 16.4. The van der Waals surface area contributed by atoms with Crippen molar-refractivity contribution < 1.29 is 105 Å². The zero-order valence-corrected chi connectivity index (χ0v) is 77.9. The van der Waals surface area contributed by atoms with Gasteiger partial charge in [0, 0.05) is 164 Å². The van der Waals surface area contributed by atoms with Crippen molar-refractivity contribution in [2.75, 3.05) is 0 Å². The summed E-state index contributed by atoms with van der Waals surface area (Å²) in [7, 11) is 0. The molecule has 0 bridgehead atoms. The minimum atomic E-state index is -0.287. The predicted octanol–water partition coefficient (Wildman–Crippen LogP) is 29.3. The van der Waals surface area contributed by atoms with Crippen molar-refractivity contribution in [3.63, 3.8) is 0 Å². The summed E-state index contributed by atoms with van der Waals surface area (Å²) in [6.45, 7) is 2.14. The molecule has 0 aliphatic rings. The van der Waals surface area contributed by atoms with Crippen LogP contribution in [0.25, 0.3) is 207 Å². The Balaban J connectivity index is 0.000000118. The summed E-state index contributed by atoms with van der Waals surface area (Å²) in [6, 6.07) is 143. The summed E-state index contributed by atoms with van der Waals surface area (Å²) in [5, 5.41) is 34.1. The summed E-state index contributed by atoms with van der Waals surface area (Å²) in [5.74, 6) is -0.287. The van der Waals surface area contributed by atoms with Crippen LogP contribution in [0.4, 0.5) is 4.39 Å². The van der Waals surface area contributed by atoms with Crippen LogP contribution < -0.4 is 0 Å². The number of aromatic nitrogens is 5. The molecule has 0 amide bonds.